The molecular weight excluding hydrogens is 216 g/mol. The van der Waals surface area contributed by atoms with Gasteiger partial charge in [-0.25, -0.2) is 0 Å². The Labute approximate surface area is 94.5 Å². The van der Waals surface area contributed by atoms with Crippen molar-refractivity contribution in [3.63, 3.8) is 0 Å². The van der Waals surface area contributed by atoms with Gasteiger partial charge in [0.15, 0.2) is 0 Å². The SMILES string of the molecule is C=C(CCSSCCC(=C)OC)OC. The molecular formula is C10H18O2S2. The third-order valence-corrected chi connectivity index (χ3v) is 4.00. The van der Waals surface area contributed by atoms with Crippen LogP contribution in [0.3, 0.4) is 0 Å². The second-order valence-electron chi connectivity index (χ2n) is 2.63. The number of hydrogen-bond acceptors (Lipinski definition) is 4. The molecule has 0 aliphatic carbocycles. The lowest BCUT2D eigenvalue weighted by atomic mass is 10.4. The summed E-state index contributed by atoms with van der Waals surface area (Å²) in [5.41, 5.74) is 0. The van der Waals surface area contributed by atoms with Gasteiger partial charge in [-0.3, -0.25) is 0 Å². The quantitative estimate of drug-likeness (QED) is 0.345. The van der Waals surface area contributed by atoms with Crippen LogP contribution in [0.2, 0.25) is 0 Å². The Kier molecular flexibility index (Phi) is 9.19. The molecule has 0 fully saturated rings. The predicted octanol–water partition coefficient (Wildman–Crippen LogP) is 3.47. The lowest BCUT2D eigenvalue weighted by Gasteiger charge is -2.04. The lowest BCUT2D eigenvalue weighted by Crippen LogP contribution is -1.88. The van der Waals surface area contributed by atoms with Crippen molar-refractivity contribution in [2.45, 2.75) is 12.8 Å². The van der Waals surface area contributed by atoms with E-state index >= 15 is 0 Å². The first kappa shape index (κ1) is 13.8. The van der Waals surface area contributed by atoms with E-state index in [-0.39, 0.29) is 0 Å². The van der Waals surface area contributed by atoms with Crippen LogP contribution in [0.4, 0.5) is 0 Å². The summed E-state index contributed by atoms with van der Waals surface area (Å²) in [5.74, 6) is 3.77. The summed E-state index contributed by atoms with van der Waals surface area (Å²) in [4.78, 5) is 0. The number of ether oxygens (including phenoxy) is 2. The van der Waals surface area contributed by atoms with Crippen LogP contribution in [0.1, 0.15) is 12.8 Å². The normalized spacial score (nSPS) is 9.57. The van der Waals surface area contributed by atoms with Crippen LogP contribution in [0.15, 0.2) is 24.7 Å². The summed E-state index contributed by atoms with van der Waals surface area (Å²) in [6.07, 6.45) is 1.83. The maximum Gasteiger partial charge on any atom is 0.0892 e. The molecule has 0 aromatic rings. The second-order valence-corrected chi connectivity index (χ2v) is 5.33. The van der Waals surface area contributed by atoms with E-state index < -0.39 is 0 Å². The van der Waals surface area contributed by atoms with Crippen molar-refractivity contribution in [3.8, 4) is 0 Å². The molecule has 0 rings (SSSR count). The predicted molar refractivity (Wildman–Crippen MR) is 66.4 cm³/mol. The van der Waals surface area contributed by atoms with E-state index in [1.807, 2.05) is 21.6 Å². The van der Waals surface area contributed by atoms with E-state index in [9.17, 15) is 0 Å². The molecule has 0 N–H and O–H groups in total. The van der Waals surface area contributed by atoms with Crippen molar-refractivity contribution in [1.29, 1.82) is 0 Å². The van der Waals surface area contributed by atoms with Gasteiger partial charge in [-0.05, 0) is 0 Å². The van der Waals surface area contributed by atoms with E-state index in [1.54, 1.807) is 14.2 Å². The van der Waals surface area contributed by atoms with Crippen molar-refractivity contribution >= 4 is 21.6 Å². The highest BCUT2D eigenvalue weighted by Crippen LogP contribution is 2.24. The van der Waals surface area contributed by atoms with Gasteiger partial charge in [0, 0.05) is 24.3 Å². The summed E-state index contributed by atoms with van der Waals surface area (Å²) in [5, 5.41) is 0. The van der Waals surface area contributed by atoms with E-state index in [0.717, 1.165) is 35.9 Å². The van der Waals surface area contributed by atoms with Crippen molar-refractivity contribution in [1.82, 2.24) is 0 Å². The van der Waals surface area contributed by atoms with Crippen molar-refractivity contribution in [2.75, 3.05) is 25.7 Å². The summed E-state index contributed by atoms with van der Waals surface area (Å²) < 4.78 is 9.92. The molecule has 82 valence electrons. The van der Waals surface area contributed by atoms with E-state index in [4.69, 9.17) is 9.47 Å². The third-order valence-electron chi connectivity index (χ3n) is 1.59. The summed E-state index contributed by atoms with van der Waals surface area (Å²) in [6, 6.07) is 0. The van der Waals surface area contributed by atoms with Crippen LogP contribution in [0.25, 0.3) is 0 Å². The Morgan fingerprint density at radius 3 is 1.57 bits per heavy atom. The minimum Gasteiger partial charge on any atom is -0.502 e. The van der Waals surface area contributed by atoms with Gasteiger partial charge >= 0.3 is 0 Å². The molecule has 0 aliphatic heterocycles. The van der Waals surface area contributed by atoms with Gasteiger partial charge in [-0.2, -0.15) is 0 Å². The van der Waals surface area contributed by atoms with Crippen LogP contribution in [-0.2, 0) is 9.47 Å². The Bertz CT molecular complexity index is 161. The van der Waals surface area contributed by atoms with Gasteiger partial charge < -0.3 is 9.47 Å². The Balaban J connectivity index is 3.14. The zero-order chi connectivity index (χ0) is 10.8. The Morgan fingerprint density at radius 1 is 0.929 bits per heavy atom. The molecule has 0 atom stereocenters. The molecule has 0 aromatic carbocycles. The summed E-state index contributed by atoms with van der Waals surface area (Å²) in [7, 11) is 6.97. The molecule has 0 saturated carbocycles. The maximum atomic E-state index is 4.96. The Hall–Kier alpha value is -0.220. The molecule has 0 spiro atoms. The number of hydrogen-bond donors (Lipinski definition) is 0. The van der Waals surface area contributed by atoms with Gasteiger partial charge in [0.05, 0.1) is 25.7 Å². The second kappa shape index (κ2) is 9.34. The summed E-state index contributed by atoms with van der Waals surface area (Å²) >= 11 is 0. The van der Waals surface area contributed by atoms with Gasteiger partial charge in [-0.1, -0.05) is 34.7 Å². The zero-order valence-corrected chi connectivity index (χ0v) is 10.5. The highest BCUT2D eigenvalue weighted by molar-refractivity contribution is 8.76. The van der Waals surface area contributed by atoms with E-state index in [2.05, 4.69) is 13.2 Å². The van der Waals surface area contributed by atoms with E-state index in [0.29, 0.717) is 0 Å². The van der Waals surface area contributed by atoms with Crippen LogP contribution in [0, 0.1) is 0 Å². The van der Waals surface area contributed by atoms with Crippen LogP contribution in [-0.4, -0.2) is 25.7 Å². The van der Waals surface area contributed by atoms with E-state index in [1.165, 1.54) is 0 Å². The number of rotatable bonds is 9. The Morgan fingerprint density at radius 2 is 1.29 bits per heavy atom. The first-order chi connectivity index (χ1) is 6.70. The third kappa shape index (κ3) is 8.38. The molecule has 4 heteroatoms. The highest BCUT2D eigenvalue weighted by atomic mass is 33.1. The van der Waals surface area contributed by atoms with Crippen molar-refractivity contribution in [3.05, 3.63) is 24.7 Å². The van der Waals surface area contributed by atoms with Crippen molar-refractivity contribution < 1.29 is 9.47 Å². The molecule has 0 unspecified atom stereocenters. The smallest absolute Gasteiger partial charge is 0.0892 e. The standard InChI is InChI=1S/C10H18O2S2/c1-9(11-3)5-7-13-14-8-6-10(2)12-4/h1-2,5-8H2,3-4H3. The fourth-order valence-corrected chi connectivity index (χ4v) is 2.70. The van der Waals surface area contributed by atoms with Gasteiger partial charge in [0.2, 0.25) is 0 Å². The molecule has 0 aliphatic rings. The molecule has 0 amide bonds. The average Bonchev–Trinajstić information content (AvgIpc) is 2.22. The fourth-order valence-electron chi connectivity index (χ4n) is 0.633. The van der Waals surface area contributed by atoms with Crippen LogP contribution < -0.4 is 0 Å². The van der Waals surface area contributed by atoms with Crippen LogP contribution in [0.5, 0.6) is 0 Å². The average molecular weight is 234 g/mol. The first-order valence-electron chi connectivity index (χ1n) is 4.38. The largest absolute Gasteiger partial charge is 0.502 e. The molecule has 0 heterocycles. The lowest BCUT2D eigenvalue weighted by molar-refractivity contribution is 0.283. The minimum atomic E-state index is 0.847. The molecule has 14 heavy (non-hydrogen) atoms. The minimum absolute atomic E-state index is 0.847. The molecule has 0 saturated heterocycles. The molecule has 2 nitrogen and oxygen atoms in total. The van der Waals surface area contributed by atoms with Crippen molar-refractivity contribution in [2.24, 2.45) is 0 Å². The van der Waals surface area contributed by atoms with Crippen LogP contribution >= 0.6 is 21.6 Å². The fraction of sp³-hybridized carbons (Fsp3) is 0.600. The topological polar surface area (TPSA) is 18.5 Å². The highest BCUT2D eigenvalue weighted by Gasteiger charge is 1.96. The monoisotopic (exact) mass is 234 g/mol. The molecule has 0 aromatic heterocycles. The van der Waals surface area contributed by atoms with Gasteiger partial charge in [-0.15, -0.1) is 0 Å². The maximum absolute atomic E-state index is 4.96. The summed E-state index contributed by atoms with van der Waals surface area (Å²) in [6.45, 7) is 7.51. The van der Waals surface area contributed by atoms with Gasteiger partial charge in [0.25, 0.3) is 0 Å². The number of allylic oxidation sites excluding steroid dienone is 2. The molecule has 0 bridgehead atoms. The molecule has 0 radical (unpaired) electrons. The van der Waals surface area contributed by atoms with Gasteiger partial charge in [0.1, 0.15) is 0 Å². The first-order valence-corrected chi connectivity index (χ1v) is 6.87. The zero-order valence-electron chi connectivity index (χ0n) is 8.88. The number of methoxy groups -OCH3 is 2.